The van der Waals surface area contributed by atoms with Crippen LogP contribution in [0.1, 0.15) is 30.3 Å². The lowest BCUT2D eigenvalue weighted by Gasteiger charge is -1.97. The van der Waals surface area contributed by atoms with E-state index in [0.717, 1.165) is 5.56 Å². The molecule has 0 amide bonds. The third-order valence-corrected chi connectivity index (χ3v) is 2.12. The Bertz CT molecular complexity index is 480. The summed E-state index contributed by atoms with van der Waals surface area (Å²) in [6.07, 6.45) is -0.296. The van der Waals surface area contributed by atoms with Crippen LogP contribution in [0.5, 0.6) is 5.75 Å². The number of hydrogen-bond acceptors (Lipinski definition) is 5. The second kappa shape index (κ2) is 4.32. The predicted molar refractivity (Wildman–Crippen MR) is 55.8 cm³/mol. The van der Waals surface area contributed by atoms with Crippen molar-refractivity contribution < 1.29 is 14.7 Å². The summed E-state index contributed by atoms with van der Waals surface area (Å²) in [5, 5.41) is 22.1. The largest absolute Gasteiger partial charge is 0.508 e. The van der Waals surface area contributed by atoms with Crippen molar-refractivity contribution in [2.75, 3.05) is 0 Å². The van der Waals surface area contributed by atoms with Crippen molar-refractivity contribution >= 4 is 0 Å². The van der Waals surface area contributed by atoms with Crippen LogP contribution in [0.25, 0.3) is 0 Å². The van der Waals surface area contributed by atoms with E-state index in [4.69, 9.17) is 4.52 Å². The topological polar surface area (TPSA) is 79.4 Å². The molecule has 1 unspecified atom stereocenters. The van der Waals surface area contributed by atoms with Crippen LogP contribution in [0, 0.1) is 0 Å². The van der Waals surface area contributed by atoms with Gasteiger partial charge in [-0.15, -0.1) is 0 Å². The normalized spacial score (nSPS) is 12.6. The lowest BCUT2D eigenvalue weighted by atomic mass is 10.1. The minimum atomic E-state index is -0.735. The van der Waals surface area contributed by atoms with Gasteiger partial charge >= 0.3 is 0 Å². The first-order valence-electron chi connectivity index (χ1n) is 4.93. The van der Waals surface area contributed by atoms with E-state index in [0.29, 0.717) is 12.3 Å². The second-order valence-electron chi connectivity index (χ2n) is 3.57. The second-order valence-corrected chi connectivity index (χ2v) is 3.57. The van der Waals surface area contributed by atoms with Gasteiger partial charge in [0.1, 0.15) is 11.9 Å². The molecule has 0 radical (unpaired) electrons. The lowest BCUT2D eigenvalue weighted by molar-refractivity contribution is 0.184. The Labute approximate surface area is 92.4 Å². The van der Waals surface area contributed by atoms with Crippen molar-refractivity contribution in [1.29, 1.82) is 0 Å². The number of benzene rings is 1. The minimum absolute atomic E-state index is 0.202. The van der Waals surface area contributed by atoms with Gasteiger partial charge in [-0.25, -0.2) is 0 Å². The van der Waals surface area contributed by atoms with Crippen LogP contribution >= 0.6 is 0 Å². The monoisotopic (exact) mass is 220 g/mol. The average molecular weight is 220 g/mol. The molecule has 2 aromatic rings. The Morgan fingerprint density at radius 2 is 2.25 bits per heavy atom. The SMILES string of the molecule is CC(O)c1noc(Cc2cccc(O)c2)n1. The van der Waals surface area contributed by atoms with Crippen LogP contribution in [-0.2, 0) is 6.42 Å². The molecule has 0 aliphatic rings. The van der Waals surface area contributed by atoms with Gasteiger partial charge in [-0.1, -0.05) is 17.3 Å². The van der Waals surface area contributed by atoms with Gasteiger partial charge in [-0.05, 0) is 24.6 Å². The van der Waals surface area contributed by atoms with Crippen LogP contribution in [0.2, 0.25) is 0 Å². The average Bonchev–Trinajstić information content (AvgIpc) is 2.66. The van der Waals surface area contributed by atoms with E-state index >= 15 is 0 Å². The van der Waals surface area contributed by atoms with Crippen molar-refractivity contribution in [3.05, 3.63) is 41.5 Å². The Kier molecular flexibility index (Phi) is 2.87. The van der Waals surface area contributed by atoms with Crippen molar-refractivity contribution in [3.8, 4) is 5.75 Å². The number of phenols is 1. The Hall–Kier alpha value is -1.88. The van der Waals surface area contributed by atoms with Gasteiger partial charge in [0.15, 0.2) is 5.82 Å². The summed E-state index contributed by atoms with van der Waals surface area (Å²) in [4.78, 5) is 4.03. The molecule has 0 saturated heterocycles. The summed E-state index contributed by atoms with van der Waals surface area (Å²) in [5.41, 5.74) is 0.876. The van der Waals surface area contributed by atoms with Gasteiger partial charge in [0, 0.05) is 0 Å². The van der Waals surface area contributed by atoms with Crippen LogP contribution in [0.4, 0.5) is 0 Å². The quantitative estimate of drug-likeness (QED) is 0.817. The summed E-state index contributed by atoms with van der Waals surface area (Å²) in [6, 6.07) is 6.83. The van der Waals surface area contributed by atoms with E-state index in [-0.39, 0.29) is 11.6 Å². The molecule has 0 bridgehead atoms. The zero-order valence-corrected chi connectivity index (χ0v) is 8.79. The first kappa shape index (κ1) is 10.6. The van der Waals surface area contributed by atoms with Crippen LogP contribution < -0.4 is 0 Å². The highest BCUT2D eigenvalue weighted by Gasteiger charge is 2.11. The number of nitrogens with zero attached hydrogens (tertiary/aromatic N) is 2. The minimum Gasteiger partial charge on any atom is -0.508 e. The molecule has 1 heterocycles. The number of aromatic hydroxyl groups is 1. The highest BCUT2D eigenvalue weighted by atomic mass is 16.5. The van der Waals surface area contributed by atoms with Crippen molar-refractivity contribution in [1.82, 2.24) is 10.1 Å². The number of aliphatic hydroxyl groups excluding tert-OH is 1. The van der Waals surface area contributed by atoms with Gasteiger partial charge in [-0.2, -0.15) is 4.98 Å². The highest BCUT2D eigenvalue weighted by molar-refractivity contribution is 5.28. The highest BCUT2D eigenvalue weighted by Crippen LogP contribution is 2.15. The van der Waals surface area contributed by atoms with Crippen molar-refractivity contribution in [2.45, 2.75) is 19.4 Å². The standard InChI is InChI=1S/C11H12N2O3/c1-7(14)11-12-10(16-13-11)6-8-3-2-4-9(15)5-8/h2-5,7,14-15H,6H2,1H3. The molecule has 1 atom stereocenters. The summed E-state index contributed by atoms with van der Waals surface area (Å²) >= 11 is 0. The number of hydrogen-bond donors (Lipinski definition) is 2. The maximum Gasteiger partial charge on any atom is 0.231 e. The Morgan fingerprint density at radius 1 is 1.44 bits per heavy atom. The van der Waals surface area contributed by atoms with E-state index in [9.17, 15) is 10.2 Å². The van der Waals surface area contributed by atoms with Crippen LogP contribution in [0.15, 0.2) is 28.8 Å². The maximum absolute atomic E-state index is 9.28. The fourth-order valence-electron chi connectivity index (χ4n) is 1.35. The first-order chi connectivity index (χ1) is 7.65. The molecular formula is C11H12N2O3. The zero-order valence-electron chi connectivity index (χ0n) is 8.79. The van der Waals surface area contributed by atoms with E-state index in [1.165, 1.54) is 0 Å². The molecule has 0 spiro atoms. The van der Waals surface area contributed by atoms with E-state index in [2.05, 4.69) is 10.1 Å². The molecule has 0 fully saturated rings. The Balaban J connectivity index is 2.14. The molecule has 16 heavy (non-hydrogen) atoms. The predicted octanol–water partition coefficient (Wildman–Crippen LogP) is 1.42. The van der Waals surface area contributed by atoms with E-state index in [1.807, 2.05) is 6.07 Å². The number of rotatable bonds is 3. The molecule has 2 N–H and O–H groups in total. The van der Waals surface area contributed by atoms with Gasteiger partial charge in [0.25, 0.3) is 0 Å². The van der Waals surface area contributed by atoms with Crippen LogP contribution in [0.3, 0.4) is 0 Å². The number of aliphatic hydroxyl groups is 1. The summed E-state index contributed by atoms with van der Waals surface area (Å²) in [7, 11) is 0. The van der Waals surface area contributed by atoms with Crippen molar-refractivity contribution in [3.63, 3.8) is 0 Å². The molecule has 0 aliphatic heterocycles. The fourth-order valence-corrected chi connectivity index (χ4v) is 1.35. The molecule has 0 aliphatic carbocycles. The van der Waals surface area contributed by atoms with E-state index < -0.39 is 6.10 Å². The first-order valence-corrected chi connectivity index (χ1v) is 4.93. The molecule has 5 heteroatoms. The third-order valence-electron chi connectivity index (χ3n) is 2.12. The fraction of sp³-hybridized carbons (Fsp3) is 0.273. The summed E-state index contributed by atoms with van der Waals surface area (Å²) in [6.45, 7) is 1.57. The van der Waals surface area contributed by atoms with Gasteiger partial charge < -0.3 is 14.7 Å². The summed E-state index contributed by atoms with van der Waals surface area (Å²) in [5.74, 6) is 0.893. The molecular weight excluding hydrogens is 208 g/mol. The van der Waals surface area contributed by atoms with Gasteiger partial charge in [0.2, 0.25) is 5.89 Å². The smallest absolute Gasteiger partial charge is 0.231 e. The van der Waals surface area contributed by atoms with Crippen LogP contribution in [-0.4, -0.2) is 20.4 Å². The number of phenolic OH excluding ortho intramolecular Hbond substituents is 1. The van der Waals surface area contributed by atoms with E-state index in [1.54, 1.807) is 25.1 Å². The molecule has 2 rings (SSSR count). The molecule has 1 aromatic carbocycles. The number of aromatic nitrogens is 2. The lowest BCUT2D eigenvalue weighted by Crippen LogP contribution is -1.94. The molecule has 0 saturated carbocycles. The third kappa shape index (κ3) is 2.38. The molecule has 1 aromatic heterocycles. The zero-order chi connectivity index (χ0) is 11.5. The maximum atomic E-state index is 9.28. The summed E-state index contributed by atoms with van der Waals surface area (Å²) < 4.78 is 4.97. The van der Waals surface area contributed by atoms with Crippen molar-refractivity contribution in [2.24, 2.45) is 0 Å². The Morgan fingerprint density at radius 3 is 2.88 bits per heavy atom. The van der Waals surface area contributed by atoms with Gasteiger partial charge in [-0.3, -0.25) is 0 Å². The van der Waals surface area contributed by atoms with Gasteiger partial charge in [0.05, 0.1) is 6.42 Å². The molecule has 5 nitrogen and oxygen atoms in total. The molecule has 84 valence electrons.